The highest BCUT2D eigenvalue weighted by Gasteiger charge is 2.15. The Morgan fingerprint density at radius 1 is 1.28 bits per heavy atom. The van der Waals surface area contributed by atoms with Crippen LogP contribution in [0, 0.1) is 0 Å². The first kappa shape index (κ1) is 16.9. The van der Waals surface area contributed by atoms with E-state index in [0.717, 1.165) is 11.1 Å². The highest BCUT2D eigenvalue weighted by atomic mass is 16.5. The summed E-state index contributed by atoms with van der Waals surface area (Å²) in [6.07, 6.45) is 0. The van der Waals surface area contributed by atoms with Gasteiger partial charge >= 0.3 is 11.7 Å². The zero-order chi connectivity index (χ0) is 17.8. The van der Waals surface area contributed by atoms with Crippen LogP contribution in [-0.4, -0.2) is 44.9 Å². The Balaban J connectivity index is 1.98. The van der Waals surface area contributed by atoms with Crippen LogP contribution in [0.1, 0.15) is 11.1 Å². The number of hydrogen-bond acceptors (Lipinski definition) is 7. The van der Waals surface area contributed by atoms with Gasteiger partial charge in [-0.2, -0.15) is 9.97 Å². The molecular weight excluding hydrogens is 326 g/mol. The molecule has 0 unspecified atom stereocenters. The van der Waals surface area contributed by atoms with E-state index < -0.39 is 0 Å². The fourth-order valence-electron chi connectivity index (χ4n) is 2.47. The van der Waals surface area contributed by atoms with Crippen LogP contribution in [0.25, 0.3) is 11.2 Å². The van der Waals surface area contributed by atoms with Crippen LogP contribution in [0.2, 0.25) is 0 Å². The van der Waals surface area contributed by atoms with Gasteiger partial charge in [-0.1, -0.05) is 24.3 Å². The van der Waals surface area contributed by atoms with Gasteiger partial charge < -0.3 is 25.3 Å². The predicted molar refractivity (Wildman–Crippen MR) is 91.4 cm³/mol. The first-order chi connectivity index (χ1) is 12.1. The Hall–Kier alpha value is -2.91. The minimum atomic E-state index is -0.348. The summed E-state index contributed by atoms with van der Waals surface area (Å²) in [7, 11) is 1.56. The second kappa shape index (κ2) is 7.32. The van der Waals surface area contributed by atoms with E-state index in [2.05, 4.69) is 15.0 Å². The Morgan fingerprint density at radius 3 is 2.84 bits per heavy atom. The zero-order valence-corrected chi connectivity index (χ0v) is 13.7. The Bertz CT molecular complexity index is 934. The fourth-order valence-corrected chi connectivity index (χ4v) is 2.47. The summed E-state index contributed by atoms with van der Waals surface area (Å²) < 4.78 is 11.8. The van der Waals surface area contributed by atoms with Crippen LogP contribution in [0.4, 0.5) is 5.82 Å². The molecule has 0 saturated heterocycles. The summed E-state index contributed by atoms with van der Waals surface area (Å²) in [5.41, 5.74) is 7.90. The van der Waals surface area contributed by atoms with Gasteiger partial charge in [-0.3, -0.25) is 4.57 Å². The van der Waals surface area contributed by atoms with E-state index in [1.54, 1.807) is 7.11 Å². The molecule has 0 amide bonds. The number of ether oxygens (including phenoxy) is 2. The molecule has 9 heteroatoms. The Morgan fingerprint density at radius 2 is 2.08 bits per heavy atom. The molecule has 0 saturated carbocycles. The van der Waals surface area contributed by atoms with Crippen LogP contribution in [0.5, 0.6) is 6.01 Å². The van der Waals surface area contributed by atoms with E-state index in [-0.39, 0.29) is 37.3 Å². The molecule has 132 valence electrons. The van der Waals surface area contributed by atoms with Crippen molar-refractivity contribution < 1.29 is 14.6 Å². The van der Waals surface area contributed by atoms with Gasteiger partial charge in [0.15, 0.2) is 11.5 Å². The topological polar surface area (TPSA) is 128 Å². The molecule has 4 N–H and O–H groups in total. The lowest BCUT2D eigenvalue weighted by molar-refractivity contribution is 0.141. The molecule has 0 fully saturated rings. The number of benzene rings is 1. The third-order valence-corrected chi connectivity index (χ3v) is 3.66. The lowest BCUT2D eigenvalue weighted by atomic mass is 10.1. The molecule has 0 atom stereocenters. The van der Waals surface area contributed by atoms with E-state index in [1.807, 2.05) is 24.3 Å². The smallest absolute Gasteiger partial charge is 0.328 e. The molecule has 9 nitrogen and oxygen atoms in total. The molecule has 3 aromatic rings. The summed E-state index contributed by atoms with van der Waals surface area (Å²) in [4.78, 5) is 23.3. The van der Waals surface area contributed by atoms with E-state index >= 15 is 0 Å². The molecule has 0 radical (unpaired) electrons. The number of rotatable bonds is 7. The molecule has 1 aromatic carbocycles. The number of aromatic nitrogens is 4. The second-order valence-corrected chi connectivity index (χ2v) is 5.43. The van der Waals surface area contributed by atoms with Crippen LogP contribution in [0.3, 0.4) is 0 Å². The van der Waals surface area contributed by atoms with Gasteiger partial charge in [-0.05, 0) is 11.1 Å². The van der Waals surface area contributed by atoms with Crippen LogP contribution in [0.15, 0.2) is 29.1 Å². The number of nitrogens with two attached hydrogens (primary N) is 1. The number of aromatic amines is 1. The Labute approximate surface area is 143 Å². The molecule has 25 heavy (non-hydrogen) atoms. The predicted octanol–water partition coefficient (Wildman–Crippen LogP) is 0.268. The average Bonchev–Trinajstić information content (AvgIpc) is 2.92. The molecular formula is C16H19N5O4. The third-order valence-electron chi connectivity index (χ3n) is 3.66. The first-order valence-electron chi connectivity index (χ1n) is 7.69. The number of nitrogens with one attached hydrogen (secondary N) is 1. The van der Waals surface area contributed by atoms with Crippen molar-refractivity contribution in [2.45, 2.75) is 13.2 Å². The number of fused-ring (bicyclic) bond motifs is 1. The molecule has 0 aliphatic heterocycles. The fraction of sp³-hybridized carbons (Fsp3) is 0.312. The number of nitrogens with zero attached hydrogens (tertiary/aromatic N) is 3. The summed E-state index contributed by atoms with van der Waals surface area (Å²) in [6, 6.07) is 7.41. The summed E-state index contributed by atoms with van der Waals surface area (Å²) in [5.74, 6) is 0.136. The van der Waals surface area contributed by atoms with Crippen molar-refractivity contribution in [1.29, 1.82) is 0 Å². The largest absolute Gasteiger partial charge is 0.461 e. The van der Waals surface area contributed by atoms with E-state index in [1.165, 1.54) is 4.57 Å². The minimum Gasteiger partial charge on any atom is -0.461 e. The number of anilines is 1. The SMILES string of the molecule is COCCOc1nc(N)c2[nH]c(=O)n(Cc3cccc(CO)c3)c2n1. The van der Waals surface area contributed by atoms with Gasteiger partial charge in [0.05, 0.1) is 19.8 Å². The van der Waals surface area contributed by atoms with Gasteiger partial charge in [0.25, 0.3) is 0 Å². The lowest BCUT2D eigenvalue weighted by Crippen LogP contribution is -2.18. The van der Waals surface area contributed by atoms with Gasteiger partial charge in [-0.25, -0.2) is 4.79 Å². The number of aliphatic hydroxyl groups is 1. The number of nitrogen functional groups attached to an aromatic ring is 1. The summed E-state index contributed by atoms with van der Waals surface area (Å²) in [5, 5.41) is 9.25. The maximum absolute atomic E-state index is 12.3. The lowest BCUT2D eigenvalue weighted by Gasteiger charge is -2.07. The number of hydrogen-bond donors (Lipinski definition) is 3. The number of imidazole rings is 1. The van der Waals surface area contributed by atoms with Crippen molar-refractivity contribution in [1.82, 2.24) is 19.5 Å². The monoisotopic (exact) mass is 345 g/mol. The van der Waals surface area contributed by atoms with Crippen molar-refractivity contribution in [3.8, 4) is 6.01 Å². The molecule has 3 rings (SSSR count). The molecule has 2 aromatic heterocycles. The quantitative estimate of drug-likeness (QED) is 0.524. The number of H-pyrrole nitrogens is 1. The van der Waals surface area contributed by atoms with Gasteiger partial charge in [0.2, 0.25) is 0 Å². The molecule has 0 spiro atoms. The van der Waals surface area contributed by atoms with Crippen molar-refractivity contribution in [2.75, 3.05) is 26.1 Å². The van der Waals surface area contributed by atoms with Crippen molar-refractivity contribution in [2.24, 2.45) is 0 Å². The van der Waals surface area contributed by atoms with Gasteiger partial charge in [-0.15, -0.1) is 0 Å². The molecule has 2 heterocycles. The third kappa shape index (κ3) is 3.62. The summed E-state index contributed by atoms with van der Waals surface area (Å²) in [6.45, 7) is 0.869. The van der Waals surface area contributed by atoms with Crippen LogP contribution < -0.4 is 16.2 Å². The van der Waals surface area contributed by atoms with Gasteiger partial charge in [0, 0.05) is 7.11 Å². The first-order valence-corrected chi connectivity index (χ1v) is 7.69. The standard InChI is InChI=1S/C16H19N5O4/c1-24-5-6-25-15-19-13(17)12-14(20-15)21(16(23)18-12)8-10-3-2-4-11(7-10)9-22/h2-4,7,22H,5-6,8-9H2,1H3,(H,18,23)(H2,17,19,20). The number of methoxy groups -OCH3 is 1. The number of aliphatic hydroxyl groups excluding tert-OH is 1. The minimum absolute atomic E-state index is 0.0662. The van der Waals surface area contributed by atoms with Gasteiger partial charge in [0.1, 0.15) is 12.1 Å². The average molecular weight is 345 g/mol. The maximum atomic E-state index is 12.3. The van der Waals surface area contributed by atoms with E-state index in [4.69, 9.17) is 15.2 Å². The van der Waals surface area contributed by atoms with E-state index in [9.17, 15) is 9.90 Å². The van der Waals surface area contributed by atoms with Crippen LogP contribution >= 0.6 is 0 Å². The highest BCUT2D eigenvalue weighted by Crippen LogP contribution is 2.18. The molecule has 0 aliphatic carbocycles. The Kier molecular flexibility index (Phi) is 4.96. The van der Waals surface area contributed by atoms with E-state index in [0.29, 0.717) is 17.8 Å². The van der Waals surface area contributed by atoms with Crippen molar-refractivity contribution >= 4 is 17.0 Å². The zero-order valence-electron chi connectivity index (χ0n) is 13.7. The highest BCUT2D eigenvalue weighted by molar-refractivity contribution is 5.81. The molecule has 0 aliphatic rings. The van der Waals surface area contributed by atoms with Crippen LogP contribution in [-0.2, 0) is 17.9 Å². The molecule has 0 bridgehead atoms. The normalized spacial score (nSPS) is 11.1. The van der Waals surface area contributed by atoms with Crippen molar-refractivity contribution in [3.05, 3.63) is 45.9 Å². The summed E-state index contributed by atoms with van der Waals surface area (Å²) >= 11 is 0. The maximum Gasteiger partial charge on any atom is 0.328 e. The van der Waals surface area contributed by atoms with Crippen molar-refractivity contribution in [3.63, 3.8) is 0 Å². The second-order valence-electron chi connectivity index (χ2n) is 5.43.